The summed E-state index contributed by atoms with van der Waals surface area (Å²) in [5.74, 6) is 0.202. The Morgan fingerprint density at radius 2 is 2.11 bits per heavy atom. The van der Waals surface area contributed by atoms with Gasteiger partial charge in [0.1, 0.15) is 5.78 Å². The highest BCUT2D eigenvalue weighted by Crippen LogP contribution is 2.20. The van der Waals surface area contributed by atoms with Gasteiger partial charge >= 0.3 is 0 Å². The van der Waals surface area contributed by atoms with Gasteiger partial charge in [0.15, 0.2) is 0 Å². The van der Waals surface area contributed by atoms with Gasteiger partial charge in [0, 0.05) is 30.5 Å². The fourth-order valence-corrected chi connectivity index (χ4v) is 2.92. The third-order valence-electron chi connectivity index (χ3n) is 3.37. The van der Waals surface area contributed by atoms with E-state index in [1.54, 1.807) is 6.92 Å². The quantitative estimate of drug-likeness (QED) is 0.832. The van der Waals surface area contributed by atoms with E-state index in [1.165, 1.54) is 5.56 Å². The van der Waals surface area contributed by atoms with Crippen LogP contribution >= 0.6 is 15.9 Å². The van der Waals surface area contributed by atoms with Gasteiger partial charge in [0.05, 0.1) is 13.2 Å². The zero-order chi connectivity index (χ0) is 13.7. The first-order valence-corrected chi connectivity index (χ1v) is 7.51. The van der Waals surface area contributed by atoms with E-state index in [9.17, 15) is 4.79 Å². The van der Waals surface area contributed by atoms with Crippen LogP contribution in [-0.4, -0.2) is 43.5 Å². The Balaban J connectivity index is 1.91. The number of benzene rings is 1. The highest BCUT2D eigenvalue weighted by Gasteiger charge is 2.11. The predicted octanol–water partition coefficient (Wildman–Crippen LogP) is 2.46. The number of halogens is 1. The van der Waals surface area contributed by atoms with Crippen LogP contribution in [0.1, 0.15) is 18.1 Å². The summed E-state index contributed by atoms with van der Waals surface area (Å²) in [5, 5.41) is 0. The van der Waals surface area contributed by atoms with Crippen molar-refractivity contribution in [2.45, 2.75) is 19.8 Å². The van der Waals surface area contributed by atoms with E-state index in [1.807, 2.05) is 0 Å². The van der Waals surface area contributed by atoms with Crippen LogP contribution in [0.4, 0.5) is 0 Å². The number of Topliss-reactive ketones (excluding diaryl/α,β-unsaturated/α-hetero) is 1. The molecule has 0 bridgehead atoms. The standard InChI is InChI=1S/C15H20BrNO2/c1-12(18)10-13-2-3-14(15(16)11-13)4-5-17-6-8-19-9-7-17/h2-3,11H,4-10H2,1H3. The molecule has 1 fully saturated rings. The molecule has 0 aliphatic carbocycles. The number of carbonyl (C=O) groups is 1. The van der Waals surface area contributed by atoms with Gasteiger partial charge in [-0.05, 0) is 30.5 Å². The highest BCUT2D eigenvalue weighted by molar-refractivity contribution is 9.10. The average molecular weight is 326 g/mol. The molecule has 0 atom stereocenters. The Kier molecular flexibility index (Phi) is 5.55. The minimum atomic E-state index is 0.202. The van der Waals surface area contributed by atoms with Crippen LogP contribution in [0, 0.1) is 0 Å². The largest absolute Gasteiger partial charge is 0.379 e. The molecule has 104 valence electrons. The van der Waals surface area contributed by atoms with Crippen LogP contribution in [0.15, 0.2) is 22.7 Å². The van der Waals surface area contributed by atoms with Crippen LogP contribution in [0.2, 0.25) is 0 Å². The molecule has 0 amide bonds. The third kappa shape index (κ3) is 4.71. The second-order valence-corrected chi connectivity index (χ2v) is 5.86. The van der Waals surface area contributed by atoms with Crippen molar-refractivity contribution in [2.24, 2.45) is 0 Å². The fraction of sp³-hybridized carbons (Fsp3) is 0.533. The molecule has 0 unspecified atom stereocenters. The molecule has 0 saturated carbocycles. The van der Waals surface area contributed by atoms with Crippen LogP contribution in [-0.2, 0) is 22.4 Å². The summed E-state index contributed by atoms with van der Waals surface area (Å²) in [6.07, 6.45) is 1.54. The Hall–Kier alpha value is -0.710. The van der Waals surface area contributed by atoms with E-state index in [0.717, 1.165) is 49.3 Å². The van der Waals surface area contributed by atoms with Gasteiger partial charge in [-0.25, -0.2) is 0 Å². The summed E-state index contributed by atoms with van der Waals surface area (Å²) in [4.78, 5) is 13.5. The van der Waals surface area contributed by atoms with Crippen LogP contribution in [0.25, 0.3) is 0 Å². The number of ketones is 1. The lowest BCUT2D eigenvalue weighted by Crippen LogP contribution is -2.37. The summed E-state index contributed by atoms with van der Waals surface area (Å²) in [6, 6.07) is 6.25. The van der Waals surface area contributed by atoms with Crippen molar-refractivity contribution < 1.29 is 9.53 Å². The van der Waals surface area contributed by atoms with Crippen molar-refractivity contribution in [1.82, 2.24) is 4.90 Å². The predicted molar refractivity (Wildman–Crippen MR) is 79.5 cm³/mol. The summed E-state index contributed by atoms with van der Waals surface area (Å²) >= 11 is 3.61. The molecule has 0 aromatic heterocycles. The van der Waals surface area contributed by atoms with Gasteiger partial charge in [-0.15, -0.1) is 0 Å². The van der Waals surface area contributed by atoms with Crippen LogP contribution in [0.5, 0.6) is 0 Å². The van der Waals surface area contributed by atoms with Crippen LogP contribution < -0.4 is 0 Å². The van der Waals surface area contributed by atoms with Gasteiger partial charge < -0.3 is 4.74 Å². The Labute approximate surface area is 123 Å². The van der Waals surface area contributed by atoms with Gasteiger partial charge in [0.2, 0.25) is 0 Å². The number of hydrogen-bond acceptors (Lipinski definition) is 3. The minimum absolute atomic E-state index is 0.202. The second-order valence-electron chi connectivity index (χ2n) is 5.01. The van der Waals surface area contributed by atoms with Gasteiger partial charge in [-0.3, -0.25) is 9.69 Å². The van der Waals surface area contributed by atoms with Gasteiger partial charge in [-0.2, -0.15) is 0 Å². The summed E-state index contributed by atoms with van der Waals surface area (Å²) in [7, 11) is 0. The molecule has 1 aliphatic heterocycles. The molecule has 2 rings (SSSR count). The molecular weight excluding hydrogens is 306 g/mol. The number of hydrogen-bond donors (Lipinski definition) is 0. The molecule has 1 heterocycles. The molecule has 0 N–H and O–H groups in total. The maximum atomic E-state index is 11.1. The lowest BCUT2D eigenvalue weighted by Gasteiger charge is -2.26. The molecule has 0 radical (unpaired) electrons. The average Bonchev–Trinajstić information content (AvgIpc) is 2.38. The van der Waals surface area contributed by atoms with Gasteiger partial charge in [-0.1, -0.05) is 28.1 Å². The van der Waals surface area contributed by atoms with E-state index in [0.29, 0.717) is 6.42 Å². The first-order valence-electron chi connectivity index (χ1n) is 6.72. The molecule has 1 aliphatic rings. The van der Waals surface area contributed by atoms with E-state index in [2.05, 4.69) is 39.0 Å². The van der Waals surface area contributed by atoms with E-state index >= 15 is 0 Å². The minimum Gasteiger partial charge on any atom is -0.379 e. The molecule has 1 aromatic carbocycles. The van der Waals surface area contributed by atoms with Crippen molar-refractivity contribution in [3.05, 3.63) is 33.8 Å². The summed E-state index contributed by atoms with van der Waals surface area (Å²) in [6.45, 7) is 6.44. The SMILES string of the molecule is CC(=O)Cc1ccc(CCN2CCOCC2)c(Br)c1. The molecule has 0 spiro atoms. The van der Waals surface area contributed by atoms with Crippen molar-refractivity contribution in [3.63, 3.8) is 0 Å². The smallest absolute Gasteiger partial charge is 0.134 e. The first kappa shape index (κ1) is 14.7. The second kappa shape index (κ2) is 7.17. The summed E-state index contributed by atoms with van der Waals surface area (Å²) < 4.78 is 6.46. The molecular formula is C15H20BrNO2. The number of ether oxygens (including phenoxy) is 1. The van der Waals surface area contributed by atoms with Gasteiger partial charge in [0.25, 0.3) is 0 Å². The van der Waals surface area contributed by atoms with E-state index < -0.39 is 0 Å². The molecule has 19 heavy (non-hydrogen) atoms. The van der Waals surface area contributed by atoms with Crippen molar-refractivity contribution in [3.8, 4) is 0 Å². The molecule has 3 nitrogen and oxygen atoms in total. The van der Waals surface area contributed by atoms with Crippen molar-refractivity contribution in [2.75, 3.05) is 32.8 Å². The normalized spacial score (nSPS) is 16.5. The zero-order valence-corrected chi connectivity index (χ0v) is 12.9. The molecule has 1 saturated heterocycles. The maximum absolute atomic E-state index is 11.1. The highest BCUT2D eigenvalue weighted by atomic mass is 79.9. The Morgan fingerprint density at radius 3 is 2.74 bits per heavy atom. The topological polar surface area (TPSA) is 29.5 Å². The number of rotatable bonds is 5. The number of carbonyl (C=O) groups excluding carboxylic acids is 1. The lowest BCUT2D eigenvalue weighted by molar-refractivity contribution is -0.116. The Bertz CT molecular complexity index is 442. The molecule has 4 heteroatoms. The van der Waals surface area contributed by atoms with Crippen molar-refractivity contribution >= 4 is 21.7 Å². The van der Waals surface area contributed by atoms with Crippen molar-refractivity contribution in [1.29, 1.82) is 0 Å². The number of nitrogens with zero attached hydrogens (tertiary/aromatic N) is 1. The van der Waals surface area contributed by atoms with Crippen LogP contribution in [0.3, 0.4) is 0 Å². The summed E-state index contributed by atoms with van der Waals surface area (Å²) in [5.41, 5.74) is 2.38. The fourth-order valence-electron chi connectivity index (χ4n) is 2.29. The molecule has 1 aromatic rings. The van der Waals surface area contributed by atoms with E-state index in [4.69, 9.17) is 4.74 Å². The first-order chi connectivity index (χ1) is 9.15. The maximum Gasteiger partial charge on any atom is 0.134 e. The Morgan fingerprint density at radius 1 is 1.37 bits per heavy atom. The third-order valence-corrected chi connectivity index (χ3v) is 4.11. The lowest BCUT2D eigenvalue weighted by atomic mass is 10.1. The zero-order valence-electron chi connectivity index (χ0n) is 11.3. The number of morpholine rings is 1. The monoisotopic (exact) mass is 325 g/mol. The van der Waals surface area contributed by atoms with E-state index in [-0.39, 0.29) is 5.78 Å².